The minimum atomic E-state index is -0.968. The SMILES string of the molecule is O=C(O)c1ccccc1-c1ccc(CN2CCOC(c3ccncn3)C2)o1. The van der Waals surface area contributed by atoms with Crippen molar-refractivity contribution in [3.05, 3.63) is 72.0 Å². The Bertz CT molecular complexity index is 926. The first kappa shape index (κ1) is 17.4. The Morgan fingerprint density at radius 3 is 2.93 bits per heavy atom. The molecule has 1 aromatic carbocycles. The van der Waals surface area contributed by atoms with E-state index in [0.29, 0.717) is 31.0 Å². The van der Waals surface area contributed by atoms with Gasteiger partial charge in [-0.25, -0.2) is 14.8 Å². The van der Waals surface area contributed by atoms with E-state index in [0.717, 1.165) is 18.0 Å². The number of nitrogens with zero attached hydrogens (tertiary/aromatic N) is 3. The van der Waals surface area contributed by atoms with Crippen molar-refractivity contribution >= 4 is 5.97 Å². The lowest BCUT2D eigenvalue weighted by Crippen LogP contribution is -2.38. The van der Waals surface area contributed by atoms with Crippen molar-refractivity contribution < 1.29 is 19.1 Å². The molecule has 0 bridgehead atoms. The maximum absolute atomic E-state index is 11.4. The van der Waals surface area contributed by atoms with Gasteiger partial charge in [0.05, 0.1) is 24.4 Å². The fourth-order valence-corrected chi connectivity index (χ4v) is 3.23. The van der Waals surface area contributed by atoms with Gasteiger partial charge < -0.3 is 14.3 Å². The van der Waals surface area contributed by atoms with E-state index >= 15 is 0 Å². The highest BCUT2D eigenvalue weighted by molar-refractivity contribution is 5.95. The van der Waals surface area contributed by atoms with Crippen LogP contribution in [0.4, 0.5) is 0 Å². The van der Waals surface area contributed by atoms with Crippen LogP contribution in [0.15, 0.2) is 59.4 Å². The average Bonchev–Trinajstić information content (AvgIpc) is 3.17. The summed E-state index contributed by atoms with van der Waals surface area (Å²) in [5.41, 5.74) is 1.68. The largest absolute Gasteiger partial charge is 0.478 e. The highest BCUT2D eigenvalue weighted by atomic mass is 16.5. The first-order chi connectivity index (χ1) is 13.2. The molecule has 138 valence electrons. The minimum Gasteiger partial charge on any atom is -0.478 e. The van der Waals surface area contributed by atoms with Crippen LogP contribution in [-0.4, -0.2) is 45.6 Å². The maximum Gasteiger partial charge on any atom is 0.336 e. The van der Waals surface area contributed by atoms with Gasteiger partial charge in [-0.05, 0) is 24.3 Å². The van der Waals surface area contributed by atoms with Crippen molar-refractivity contribution in [2.75, 3.05) is 19.7 Å². The van der Waals surface area contributed by atoms with Gasteiger partial charge in [0, 0.05) is 24.8 Å². The van der Waals surface area contributed by atoms with E-state index in [4.69, 9.17) is 9.15 Å². The van der Waals surface area contributed by atoms with Gasteiger partial charge in [-0.1, -0.05) is 18.2 Å². The van der Waals surface area contributed by atoms with Crippen LogP contribution in [0.5, 0.6) is 0 Å². The van der Waals surface area contributed by atoms with E-state index in [1.807, 2.05) is 18.2 Å². The third-order valence-electron chi connectivity index (χ3n) is 4.55. The summed E-state index contributed by atoms with van der Waals surface area (Å²) >= 11 is 0. The second-order valence-electron chi connectivity index (χ2n) is 6.35. The summed E-state index contributed by atoms with van der Waals surface area (Å²) in [6.07, 6.45) is 3.14. The predicted molar refractivity (Wildman–Crippen MR) is 97.1 cm³/mol. The summed E-state index contributed by atoms with van der Waals surface area (Å²) in [4.78, 5) is 21.9. The van der Waals surface area contributed by atoms with Gasteiger partial charge in [0.15, 0.2) is 0 Å². The quantitative estimate of drug-likeness (QED) is 0.743. The Morgan fingerprint density at radius 2 is 2.11 bits per heavy atom. The summed E-state index contributed by atoms with van der Waals surface area (Å²) in [5.74, 6) is 0.376. The summed E-state index contributed by atoms with van der Waals surface area (Å²) in [6, 6.07) is 12.4. The van der Waals surface area contributed by atoms with Crippen molar-refractivity contribution in [1.82, 2.24) is 14.9 Å². The summed E-state index contributed by atoms with van der Waals surface area (Å²) in [5, 5.41) is 9.36. The number of hydrogen-bond donors (Lipinski definition) is 1. The number of carboxylic acid groups (broad SMARTS) is 1. The Labute approximate surface area is 156 Å². The molecule has 3 heterocycles. The number of carboxylic acids is 1. The molecule has 0 amide bonds. The molecule has 2 aromatic heterocycles. The molecule has 1 aliphatic rings. The van der Waals surface area contributed by atoms with Crippen molar-refractivity contribution in [2.45, 2.75) is 12.6 Å². The number of benzene rings is 1. The molecule has 1 N–H and O–H groups in total. The molecule has 27 heavy (non-hydrogen) atoms. The highest BCUT2D eigenvalue weighted by Crippen LogP contribution is 2.27. The molecule has 7 heteroatoms. The lowest BCUT2D eigenvalue weighted by molar-refractivity contribution is -0.0367. The van der Waals surface area contributed by atoms with E-state index in [2.05, 4.69) is 14.9 Å². The maximum atomic E-state index is 11.4. The molecule has 0 spiro atoms. The zero-order chi connectivity index (χ0) is 18.6. The predicted octanol–water partition coefficient (Wildman–Crippen LogP) is 3.01. The van der Waals surface area contributed by atoms with Crippen molar-refractivity contribution in [1.29, 1.82) is 0 Å². The smallest absolute Gasteiger partial charge is 0.336 e. The van der Waals surface area contributed by atoms with Gasteiger partial charge in [0.1, 0.15) is 24.0 Å². The number of carbonyl (C=O) groups is 1. The van der Waals surface area contributed by atoms with Crippen LogP contribution in [0.1, 0.15) is 27.9 Å². The normalized spacial score (nSPS) is 17.7. The molecule has 0 radical (unpaired) electrons. The molecule has 1 saturated heterocycles. The Kier molecular flexibility index (Phi) is 4.95. The van der Waals surface area contributed by atoms with E-state index in [1.165, 1.54) is 6.33 Å². The van der Waals surface area contributed by atoms with E-state index in [9.17, 15) is 9.90 Å². The number of hydrogen-bond acceptors (Lipinski definition) is 6. The number of aromatic nitrogens is 2. The number of morpholine rings is 1. The minimum absolute atomic E-state index is 0.0936. The molecule has 1 fully saturated rings. The van der Waals surface area contributed by atoms with Crippen LogP contribution < -0.4 is 0 Å². The molecule has 0 saturated carbocycles. The molecule has 7 nitrogen and oxygen atoms in total. The van der Waals surface area contributed by atoms with Crippen LogP contribution >= 0.6 is 0 Å². The third-order valence-corrected chi connectivity index (χ3v) is 4.55. The lowest BCUT2D eigenvalue weighted by Gasteiger charge is -2.31. The van der Waals surface area contributed by atoms with Gasteiger partial charge in [-0.3, -0.25) is 4.90 Å². The van der Waals surface area contributed by atoms with Crippen LogP contribution in [-0.2, 0) is 11.3 Å². The van der Waals surface area contributed by atoms with E-state index in [1.54, 1.807) is 30.5 Å². The molecule has 1 aliphatic heterocycles. The van der Waals surface area contributed by atoms with Crippen LogP contribution in [0.25, 0.3) is 11.3 Å². The van der Waals surface area contributed by atoms with Crippen molar-refractivity contribution in [3.8, 4) is 11.3 Å². The van der Waals surface area contributed by atoms with E-state index in [-0.39, 0.29) is 11.7 Å². The molecule has 3 aromatic rings. The van der Waals surface area contributed by atoms with Gasteiger partial charge >= 0.3 is 5.97 Å². The molecular formula is C20H19N3O4. The molecular weight excluding hydrogens is 346 g/mol. The standard InChI is InChI=1S/C20H19N3O4/c24-20(25)16-4-2-1-3-15(16)18-6-5-14(27-18)11-23-9-10-26-19(12-23)17-7-8-21-13-22-17/h1-8,13,19H,9-12H2,(H,24,25). The zero-order valence-corrected chi connectivity index (χ0v) is 14.6. The van der Waals surface area contributed by atoms with Gasteiger partial charge in [0.25, 0.3) is 0 Å². The average molecular weight is 365 g/mol. The molecule has 1 unspecified atom stereocenters. The molecule has 1 atom stereocenters. The first-order valence-electron chi connectivity index (χ1n) is 8.72. The van der Waals surface area contributed by atoms with Crippen LogP contribution in [0.3, 0.4) is 0 Å². The van der Waals surface area contributed by atoms with Crippen molar-refractivity contribution in [3.63, 3.8) is 0 Å². The monoisotopic (exact) mass is 365 g/mol. The summed E-state index contributed by atoms with van der Waals surface area (Å²) in [7, 11) is 0. The summed E-state index contributed by atoms with van der Waals surface area (Å²) < 4.78 is 11.8. The van der Waals surface area contributed by atoms with Crippen LogP contribution in [0.2, 0.25) is 0 Å². The number of furan rings is 1. The summed E-state index contributed by atoms with van der Waals surface area (Å²) in [6.45, 7) is 2.74. The lowest BCUT2D eigenvalue weighted by atomic mass is 10.1. The van der Waals surface area contributed by atoms with Gasteiger partial charge in [-0.15, -0.1) is 0 Å². The second kappa shape index (κ2) is 7.69. The van der Waals surface area contributed by atoms with Crippen molar-refractivity contribution in [2.24, 2.45) is 0 Å². The Balaban J connectivity index is 1.48. The Hall–Kier alpha value is -3.03. The first-order valence-corrected chi connectivity index (χ1v) is 8.72. The number of rotatable bonds is 5. The van der Waals surface area contributed by atoms with Gasteiger partial charge in [0.2, 0.25) is 0 Å². The van der Waals surface area contributed by atoms with E-state index < -0.39 is 5.97 Å². The van der Waals surface area contributed by atoms with Gasteiger partial charge in [-0.2, -0.15) is 0 Å². The molecule has 4 rings (SSSR count). The Morgan fingerprint density at radius 1 is 1.22 bits per heavy atom. The third kappa shape index (κ3) is 3.89. The fraction of sp³-hybridized carbons (Fsp3) is 0.250. The second-order valence-corrected chi connectivity index (χ2v) is 6.35. The topological polar surface area (TPSA) is 88.7 Å². The fourth-order valence-electron chi connectivity index (χ4n) is 3.23. The number of ether oxygens (including phenoxy) is 1. The molecule has 0 aliphatic carbocycles. The highest BCUT2D eigenvalue weighted by Gasteiger charge is 2.24. The number of aromatic carboxylic acids is 1. The zero-order valence-electron chi connectivity index (χ0n) is 14.6. The van der Waals surface area contributed by atoms with Crippen LogP contribution in [0, 0.1) is 0 Å².